The summed E-state index contributed by atoms with van der Waals surface area (Å²) in [6.07, 6.45) is 3.84. The summed E-state index contributed by atoms with van der Waals surface area (Å²) in [6.45, 7) is 0. The lowest BCUT2D eigenvalue weighted by Gasteiger charge is -2.30. The minimum atomic E-state index is 0.216. The lowest BCUT2D eigenvalue weighted by Crippen LogP contribution is -2.18. The number of aliphatic imine (C=N–C) groups is 1. The van der Waals surface area contributed by atoms with Crippen molar-refractivity contribution in [1.29, 1.82) is 0 Å². The van der Waals surface area contributed by atoms with Crippen molar-refractivity contribution in [1.82, 2.24) is 0 Å². The molecule has 0 bridgehead atoms. The average Bonchev–Trinajstić information content (AvgIpc) is 2.14. The molecule has 78 valence electrons. The quantitative estimate of drug-likeness (QED) is 0.591. The fraction of sp³-hybridized carbons (Fsp3) is 0.417. The van der Waals surface area contributed by atoms with Gasteiger partial charge in [0.1, 0.15) is 0 Å². The van der Waals surface area contributed by atoms with Gasteiger partial charge in [-0.2, -0.15) is 0 Å². The summed E-state index contributed by atoms with van der Waals surface area (Å²) in [5.74, 6) is 0.662. The van der Waals surface area contributed by atoms with E-state index in [2.05, 4.69) is 38.2 Å². The van der Waals surface area contributed by atoms with Gasteiger partial charge in [0.05, 0.1) is 11.2 Å². The fourth-order valence-corrected chi connectivity index (χ4v) is 2.49. The lowest BCUT2D eigenvalue weighted by atomic mass is 9.77. The number of hydrogen-bond acceptors (Lipinski definition) is 2. The van der Waals surface area contributed by atoms with Crippen LogP contribution in [0.4, 0.5) is 0 Å². The highest BCUT2D eigenvalue weighted by atomic mass is 79.9. The molecular formula is C12H12BrNS. The van der Waals surface area contributed by atoms with Crippen molar-refractivity contribution in [2.24, 2.45) is 10.9 Å². The molecular weight excluding hydrogens is 270 g/mol. The maximum absolute atomic E-state index is 4.72. The van der Waals surface area contributed by atoms with E-state index in [1.807, 2.05) is 12.1 Å². The molecule has 1 aliphatic rings. The van der Waals surface area contributed by atoms with E-state index in [1.54, 1.807) is 0 Å². The SMILES string of the molecule is S=C=NC(c1cccc(Br)c1)C1CCC1. The third-order valence-electron chi connectivity index (χ3n) is 2.98. The predicted octanol–water partition coefficient (Wildman–Crippen LogP) is 4.39. The second-order valence-electron chi connectivity index (χ2n) is 3.91. The number of hydrogen-bond donors (Lipinski definition) is 0. The Balaban J connectivity index is 2.27. The number of isothiocyanates is 1. The van der Waals surface area contributed by atoms with Crippen molar-refractivity contribution in [3.8, 4) is 0 Å². The molecule has 0 saturated heterocycles. The van der Waals surface area contributed by atoms with Crippen LogP contribution in [0.15, 0.2) is 33.7 Å². The van der Waals surface area contributed by atoms with Gasteiger partial charge in [0.15, 0.2) is 0 Å². The lowest BCUT2D eigenvalue weighted by molar-refractivity contribution is 0.266. The van der Waals surface area contributed by atoms with Gasteiger partial charge in [-0.1, -0.05) is 34.5 Å². The smallest absolute Gasteiger partial charge is 0.0880 e. The Labute approximate surface area is 104 Å². The third-order valence-corrected chi connectivity index (χ3v) is 3.58. The van der Waals surface area contributed by atoms with E-state index in [1.165, 1.54) is 24.8 Å². The summed E-state index contributed by atoms with van der Waals surface area (Å²) >= 11 is 8.21. The van der Waals surface area contributed by atoms with Gasteiger partial charge in [-0.3, -0.25) is 0 Å². The monoisotopic (exact) mass is 281 g/mol. The van der Waals surface area contributed by atoms with Gasteiger partial charge in [0, 0.05) is 4.47 Å². The molecule has 1 saturated carbocycles. The molecule has 0 aliphatic heterocycles. The first kappa shape index (κ1) is 11.0. The average molecular weight is 282 g/mol. The Bertz CT molecular complexity index is 394. The molecule has 1 fully saturated rings. The van der Waals surface area contributed by atoms with Crippen LogP contribution >= 0.6 is 28.1 Å². The van der Waals surface area contributed by atoms with Crippen molar-refractivity contribution in [2.75, 3.05) is 0 Å². The molecule has 1 aromatic rings. The molecule has 2 rings (SSSR count). The molecule has 1 aliphatic carbocycles. The second-order valence-corrected chi connectivity index (χ2v) is 5.01. The van der Waals surface area contributed by atoms with E-state index in [-0.39, 0.29) is 6.04 Å². The molecule has 0 N–H and O–H groups in total. The summed E-state index contributed by atoms with van der Waals surface area (Å²) in [5, 5.41) is 2.53. The molecule has 0 radical (unpaired) electrons. The van der Waals surface area contributed by atoms with Gasteiger partial charge in [-0.25, -0.2) is 4.99 Å². The second kappa shape index (κ2) is 5.02. The van der Waals surface area contributed by atoms with Gasteiger partial charge in [0.2, 0.25) is 0 Å². The van der Waals surface area contributed by atoms with E-state index in [4.69, 9.17) is 12.2 Å². The van der Waals surface area contributed by atoms with Crippen LogP contribution in [0.2, 0.25) is 0 Å². The molecule has 1 aromatic carbocycles. The maximum atomic E-state index is 4.72. The zero-order valence-corrected chi connectivity index (χ0v) is 10.7. The van der Waals surface area contributed by atoms with Crippen molar-refractivity contribution >= 4 is 33.3 Å². The van der Waals surface area contributed by atoms with Crippen LogP contribution in [0.5, 0.6) is 0 Å². The summed E-state index contributed by atoms with van der Waals surface area (Å²) in [4.78, 5) is 4.30. The van der Waals surface area contributed by atoms with Crippen molar-refractivity contribution < 1.29 is 0 Å². The van der Waals surface area contributed by atoms with E-state index in [9.17, 15) is 0 Å². The molecule has 15 heavy (non-hydrogen) atoms. The maximum Gasteiger partial charge on any atom is 0.0880 e. The minimum absolute atomic E-state index is 0.216. The van der Waals surface area contributed by atoms with Crippen LogP contribution in [0.1, 0.15) is 30.9 Å². The van der Waals surface area contributed by atoms with Crippen LogP contribution in [0.25, 0.3) is 0 Å². The number of nitrogens with zero attached hydrogens (tertiary/aromatic N) is 1. The van der Waals surface area contributed by atoms with Crippen molar-refractivity contribution in [3.63, 3.8) is 0 Å². The molecule has 1 nitrogen and oxygen atoms in total. The third kappa shape index (κ3) is 2.54. The highest BCUT2D eigenvalue weighted by Gasteiger charge is 2.28. The predicted molar refractivity (Wildman–Crippen MR) is 69.3 cm³/mol. The fourth-order valence-electron chi connectivity index (χ4n) is 1.96. The van der Waals surface area contributed by atoms with Crippen LogP contribution in [-0.4, -0.2) is 5.16 Å². The summed E-state index contributed by atoms with van der Waals surface area (Å²) in [6, 6.07) is 8.53. The number of benzene rings is 1. The van der Waals surface area contributed by atoms with E-state index in [0.29, 0.717) is 5.92 Å². The Morgan fingerprint density at radius 1 is 1.47 bits per heavy atom. The van der Waals surface area contributed by atoms with Crippen LogP contribution in [-0.2, 0) is 0 Å². The van der Waals surface area contributed by atoms with Crippen molar-refractivity contribution in [2.45, 2.75) is 25.3 Å². The van der Waals surface area contributed by atoms with Crippen LogP contribution in [0.3, 0.4) is 0 Å². The van der Waals surface area contributed by atoms with Gasteiger partial charge in [-0.15, -0.1) is 0 Å². The molecule has 0 aromatic heterocycles. The summed E-state index contributed by atoms with van der Waals surface area (Å²) in [5.41, 5.74) is 1.24. The van der Waals surface area contributed by atoms with E-state index in [0.717, 1.165) is 4.47 Å². The summed E-state index contributed by atoms with van der Waals surface area (Å²) < 4.78 is 1.10. The molecule has 0 amide bonds. The van der Waals surface area contributed by atoms with Gasteiger partial charge >= 0.3 is 0 Å². The Morgan fingerprint density at radius 3 is 2.80 bits per heavy atom. The zero-order valence-electron chi connectivity index (χ0n) is 8.32. The Morgan fingerprint density at radius 2 is 2.27 bits per heavy atom. The van der Waals surface area contributed by atoms with Crippen LogP contribution < -0.4 is 0 Å². The highest BCUT2D eigenvalue weighted by Crippen LogP contribution is 2.40. The van der Waals surface area contributed by atoms with Crippen LogP contribution in [0, 0.1) is 5.92 Å². The topological polar surface area (TPSA) is 12.4 Å². The molecule has 3 heteroatoms. The minimum Gasteiger partial charge on any atom is -0.224 e. The molecule has 0 spiro atoms. The molecule has 1 unspecified atom stereocenters. The largest absolute Gasteiger partial charge is 0.224 e. The number of thiocarbonyl (C=S) groups is 1. The van der Waals surface area contributed by atoms with Gasteiger partial charge in [-0.05, 0) is 48.7 Å². The Hall–Kier alpha value is -0.500. The number of rotatable bonds is 3. The highest BCUT2D eigenvalue weighted by molar-refractivity contribution is 9.10. The summed E-state index contributed by atoms with van der Waals surface area (Å²) in [7, 11) is 0. The Kier molecular flexibility index (Phi) is 3.68. The molecule has 0 heterocycles. The van der Waals surface area contributed by atoms with E-state index >= 15 is 0 Å². The number of halogens is 1. The van der Waals surface area contributed by atoms with Crippen molar-refractivity contribution in [3.05, 3.63) is 34.3 Å². The molecule has 1 atom stereocenters. The normalized spacial score (nSPS) is 17.7. The first-order chi connectivity index (χ1) is 7.31. The van der Waals surface area contributed by atoms with E-state index < -0.39 is 0 Å². The first-order valence-electron chi connectivity index (χ1n) is 5.13. The standard InChI is InChI=1S/C12H12BrNS/c13-11-6-2-5-10(7-11)12(14-8-15)9-3-1-4-9/h2,5-7,9,12H,1,3-4H2. The first-order valence-corrected chi connectivity index (χ1v) is 6.34. The van der Waals surface area contributed by atoms with Gasteiger partial charge in [0.25, 0.3) is 0 Å². The zero-order chi connectivity index (χ0) is 10.7. The van der Waals surface area contributed by atoms with Gasteiger partial charge < -0.3 is 0 Å².